The van der Waals surface area contributed by atoms with Crippen molar-refractivity contribution < 1.29 is 12.9 Å². The molecule has 0 bridgehead atoms. The van der Waals surface area contributed by atoms with Crippen molar-refractivity contribution >= 4 is 10.0 Å². The van der Waals surface area contributed by atoms with Crippen molar-refractivity contribution in [3.8, 4) is 0 Å². The Labute approximate surface area is 123 Å². The van der Waals surface area contributed by atoms with Gasteiger partial charge in [-0.05, 0) is 31.7 Å². The largest absolute Gasteiger partial charge is 0.343 e. The van der Waals surface area contributed by atoms with Crippen molar-refractivity contribution in [3.05, 3.63) is 42.0 Å². The Morgan fingerprint density at radius 3 is 2.57 bits per heavy atom. The lowest BCUT2D eigenvalue weighted by Gasteiger charge is -2.11. The Bertz CT molecular complexity index is 653. The van der Waals surface area contributed by atoms with Crippen LogP contribution in [0.5, 0.6) is 0 Å². The minimum absolute atomic E-state index is 0.174. The molecule has 1 aromatic carbocycles. The summed E-state index contributed by atoms with van der Waals surface area (Å²) in [5, 5.41) is 6.72. The zero-order chi connectivity index (χ0) is 15.3. The molecule has 0 aliphatic rings. The summed E-state index contributed by atoms with van der Waals surface area (Å²) in [6, 6.07) is 6.97. The van der Waals surface area contributed by atoms with Crippen molar-refractivity contribution in [1.29, 1.82) is 0 Å². The average molecular weight is 310 g/mol. The second-order valence-electron chi connectivity index (χ2n) is 4.57. The minimum atomic E-state index is -3.52. The van der Waals surface area contributed by atoms with Gasteiger partial charge in [-0.1, -0.05) is 17.3 Å². The summed E-state index contributed by atoms with van der Waals surface area (Å²) in [4.78, 5) is 4.07. The van der Waals surface area contributed by atoms with E-state index in [0.29, 0.717) is 12.2 Å². The van der Waals surface area contributed by atoms with Crippen LogP contribution in [0.15, 0.2) is 40.1 Å². The van der Waals surface area contributed by atoms with E-state index in [9.17, 15) is 8.42 Å². The van der Waals surface area contributed by atoms with E-state index in [0.717, 1.165) is 5.56 Å². The maximum absolute atomic E-state index is 12.1. The predicted octanol–water partition coefficient (Wildman–Crippen LogP) is 0.871. The molecule has 7 nitrogen and oxygen atoms in total. The van der Waals surface area contributed by atoms with Crippen LogP contribution in [0, 0.1) is 0 Å². The van der Waals surface area contributed by atoms with Gasteiger partial charge in [0.25, 0.3) is 0 Å². The number of aromatic nitrogens is 2. The van der Waals surface area contributed by atoms with E-state index in [4.69, 9.17) is 0 Å². The summed E-state index contributed by atoms with van der Waals surface area (Å²) in [5.74, 6) is 0.468. The van der Waals surface area contributed by atoms with Crippen molar-refractivity contribution in [2.45, 2.75) is 24.3 Å². The molecule has 0 spiro atoms. The zero-order valence-electron chi connectivity index (χ0n) is 11.9. The average Bonchev–Trinajstić information content (AvgIpc) is 2.99. The molecular formula is C13H18N4O3S. The molecule has 0 saturated carbocycles. The maximum Gasteiger partial charge on any atom is 0.240 e. The first-order valence-electron chi connectivity index (χ1n) is 6.55. The molecule has 0 aliphatic carbocycles. The number of nitrogens with zero attached hydrogens (tertiary/aromatic N) is 2. The van der Waals surface area contributed by atoms with Gasteiger partial charge >= 0.3 is 0 Å². The molecule has 0 radical (unpaired) electrons. The number of nitrogens with one attached hydrogen (secondary N) is 2. The highest BCUT2D eigenvalue weighted by atomic mass is 32.2. The number of benzene rings is 1. The third-order valence-corrected chi connectivity index (χ3v) is 4.65. The van der Waals surface area contributed by atoms with Crippen LogP contribution in [0.4, 0.5) is 0 Å². The van der Waals surface area contributed by atoms with Gasteiger partial charge in [-0.25, -0.2) is 13.1 Å². The normalized spacial score (nSPS) is 13.2. The Morgan fingerprint density at radius 2 is 2.00 bits per heavy atom. The Balaban J connectivity index is 1.98. The zero-order valence-corrected chi connectivity index (χ0v) is 12.7. The van der Waals surface area contributed by atoms with E-state index in [-0.39, 0.29) is 17.5 Å². The van der Waals surface area contributed by atoms with Gasteiger partial charge < -0.3 is 9.84 Å². The second-order valence-corrected chi connectivity index (χ2v) is 6.34. The third-order valence-electron chi connectivity index (χ3n) is 3.17. The molecule has 0 fully saturated rings. The molecule has 21 heavy (non-hydrogen) atoms. The highest BCUT2D eigenvalue weighted by Gasteiger charge is 2.14. The van der Waals surface area contributed by atoms with Gasteiger partial charge in [0.1, 0.15) is 0 Å². The van der Waals surface area contributed by atoms with Gasteiger partial charge in [-0.3, -0.25) is 0 Å². The number of hydrogen-bond acceptors (Lipinski definition) is 6. The second kappa shape index (κ2) is 6.79. The molecule has 2 rings (SSSR count). The van der Waals surface area contributed by atoms with Gasteiger partial charge in [0.05, 0.1) is 4.90 Å². The van der Waals surface area contributed by atoms with Crippen LogP contribution >= 0.6 is 0 Å². The highest BCUT2D eigenvalue weighted by molar-refractivity contribution is 7.89. The van der Waals surface area contributed by atoms with Gasteiger partial charge in [0.15, 0.2) is 5.82 Å². The third kappa shape index (κ3) is 4.10. The van der Waals surface area contributed by atoms with Gasteiger partial charge in [-0.2, -0.15) is 4.98 Å². The van der Waals surface area contributed by atoms with Crippen LogP contribution in [-0.2, 0) is 16.4 Å². The molecular weight excluding hydrogens is 292 g/mol. The summed E-state index contributed by atoms with van der Waals surface area (Å²) in [7, 11) is -1.66. The number of rotatable bonds is 7. The first kappa shape index (κ1) is 15.6. The number of hydrogen-bond donors (Lipinski definition) is 2. The standard InChI is InChI=1S/C13H18N4O3S/c1-10(14-2)11-3-5-12(6-4-11)21(18,19)16-8-7-13-15-9-20-17-13/h3-6,9-10,14,16H,7-8H2,1-2H3. The topological polar surface area (TPSA) is 97.1 Å². The Hall–Kier alpha value is -1.77. The fourth-order valence-electron chi connectivity index (χ4n) is 1.79. The summed E-state index contributed by atoms with van der Waals surface area (Å²) in [5.41, 5.74) is 1.03. The van der Waals surface area contributed by atoms with Crippen molar-refractivity contribution in [2.75, 3.05) is 13.6 Å². The first-order chi connectivity index (χ1) is 10.0. The van der Waals surface area contributed by atoms with Crippen LogP contribution in [-0.4, -0.2) is 32.2 Å². The van der Waals surface area contributed by atoms with Crippen LogP contribution in [0.1, 0.15) is 24.4 Å². The lowest BCUT2D eigenvalue weighted by molar-refractivity contribution is 0.410. The minimum Gasteiger partial charge on any atom is -0.343 e. The van der Waals surface area contributed by atoms with E-state index in [1.807, 2.05) is 14.0 Å². The van der Waals surface area contributed by atoms with Crippen LogP contribution in [0.2, 0.25) is 0 Å². The molecule has 1 heterocycles. The summed E-state index contributed by atoms with van der Waals surface area (Å²) in [6.07, 6.45) is 1.59. The van der Waals surface area contributed by atoms with Crippen molar-refractivity contribution in [3.63, 3.8) is 0 Å². The SMILES string of the molecule is CNC(C)c1ccc(S(=O)(=O)NCCc2ncon2)cc1. The smallest absolute Gasteiger partial charge is 0.240 e. The molecule has 0 saturated heterocycles. The highest BCUT2D eigenvalue weighted by Crippen LogP contribution is 2.15. The van der Waals surface area contributed by atoms with E-state index in [1.165, 1.54) is 6.39 Å². The predicted molar refractivity (Wildman–Crippen MR) is 77.1 cm³/mol. The van der Waals surface area contributed by atoms with Crippen molar-refractivity contribution in [1.82, 2.24) is 20.2 Å². The molecule has 1 unspecified atom stereocenters. The quantitative estimate of drug-likeness (QED) is 0.787. The molecule has 1 aromatic heterocycles. The molecule has 0 aliphatic heterocycles. The first-order valence-corrected chi connectivity index (χ1v) is 8.03. The molecule has 2 aromatic rings. The van der Waals surface area contributed by atoms with E-state index in [1.54, 1.807) is 24.3 Å². The van der Waals surface area contributed by atoms with E-state index in [2.05, 4.69) is 24.7 Å². The van der Waals surface area contributed by atoms with E-state index < -0.39 is 10.0 Å². The maximum atomic E-state index is 12.1. The summed E-state index contributed by atoms with van der Waals surface area (Å²) in [6.45, 7) is 2.23. The van der Waals surface area contributed by atoms with Crippen LogP contribution in [0.3, 0.4) is 0 Å². The fraction of sp³-hybridized carbons (Fsp3) is 0.385. The molecule has 2 N–H and O–H groups in total. The molecule has 1 atom stereocenters. The molecule has 8 heteroatoms. The molecule has 0 amide bonds. The number of sulfonamides is 1. The lowest BCUT2D eigenvalue weighted by atomic mass is 10.1. The van der Waals surface area contributed by atoms with Crippen LogP contribution in [0.25, 0.3) is 0 Å². The molecule has 114 valence electrons. The van der Waals surface area contributed by atoms with Crippen molar-refractivity contribution in [2.24, 2.45) is 0 Å². The lowest BCUT2D eigenvalue weighted by Crippen LogP contribution is -2.26. The summed E-state index contributed by atoms with van der Waals surface area (Å²) < 4.78 is 31.3. The fourth-order valence-corrected chi connectivity index (χ4v) is 2.82. The Kier molecular flexibility index (Phi) is 5.05. The van der Waals surface area contributed by atoms with E-state index >= 15 is 0 Å². The van der Waals surface area contributed by atoms with Gasteiger partial charge in [0.2, 0.25) is 16.4 Å². The summed E-state index contributed by atoms with van der Waals surface area (Å²) >= 11 is 0. The van der Waals surface area contributed by atoms with Crippen LogP contribution < -0.4 is 10.0 Å². The van der Waals surface area contributed by atoms with Gasteiger partial charge in [0, 0.05) is 19.0 Å². The monoisotopic (exact) mass is 310 g/mol. The van der Waals surface area contributed by atoms with Gasteiger partial charge in [-0.15, -0.1) is 0 Å². The Morgan fingerprint density at radius 1 is 1.29 bits per heavy atom.